The molecular formula is C11H14Cl2N4O5S4. The summed E-state index contributed by atoms with van der Waals surface area (Å²) in [6.07, 6.45) is 0. The molecule has 9 nitrogen and oxygen atoms in total. The van der Waals surface area contributed by atoms with Crippen molar-refractivity contribution in [2.24, 2.45) is 10.3 Å². The SMILES string of the molecule is NS(=O)(=O)c1cc(S(N)(=O)=O)c(NSC(=S)N2CCOCC2)c(Cl)c1Cl. The number of ether oxygens (including phenoxy) is 1. The predicted octanol–water partition coefficient (Wildman–Crippen LogP) is 0.965. The van der Waals surface area contributed by atoms with Crippen LogP contribution in [0.4, 0.5) is 5.69 Å². The predicted molar refractivity (Wildman–Crippen MR) is 105 cm³/mol. The Labute approximate surface area is 170 Å². The van der Waals surface area contributed by atoms with E-state index < -0.39 is 34.9 Å². The van der Waals surface area contributed by atoms with Crippen molar-refractivity contribution in [3.8, 4) is 0 Å². The maximum Gasteiger partial charge on any atom is 0.240 e. The number of primary sulfonamides is 2. The van der Waals surface area contributed by atoms with Gasteiger partial charge in [0.1, 0.15) is 9.79 Å². The summed E-state index contributed by atoms with van der Waals surface area (Å²) in [5.74, 6) is 0. The Kier molecular flexibility index (Phi) is 7.02. The largest absolute Gasteiger partial charge is 0.378 e. The third kappa shape index (κ3) is 5.11. The third-order valence-electron chi connectivity index (χ3n) is 3.26. The second-order valence-corrected chi connectivity index (χ2v) is 10.3. The summed E-state index contributed by atoms with van der Waals surface area (Å²) in [7, 11) is -8.67. The zero-order chi connectivity index (χ0) is 19.7. The highest BCUT2D eigenvalue weighted by Gasteiger charge is 2.27. The van der Waals surface area contributed by atoms with Crippen LogP contribution in [-0.4, -0.2) is 52.4 Å². The Balaban J connectivity index is 2.41. The average Bonchev–Trinajstić information content (AvgIpc) is 2.54. The fourth-order valence-electron chi connectivity index (χ4n) is 2.01. The van der Waals surface area contributed by atoms with Gasteiger partial charge in [0, 0.05) is 25.0 Å². The summed E-state index contributed by atoms with van der Waals surface area (Å²) >= 11 is 18.2. The molecule has 2 rings (SSSR count). The summed E-state index contributed by atoms with van der Waals surface area (Å²) in [4.78, 5) is 0.620. The van der Waals surface area contributed by atoms with Crippen LogP contribution in [0, 0.1) is 0 Å². The Morgan fingerprint density at radius 3 is 2.15 bits per heavy atom. The van der Waals surface area contributed by atoms with Crippen molar-refractivity contribution in [1.82, 2.24) is 4.90 Å². The lowest BCUT2D eigenvalue weighted by molar-refractivity contribution is 0.0702. The average molecular weight is 481 g/mol. The molecule has 15 heteroatoms. The monoisotopic (exact) mass is 480 g/mol. The molecule has 0 aromatic heterocycles. The van der Waals surface area contributed by atoms with Gasteiger partial charge in [-0.1, -0.05) is 35.4 Å². The smallest absolute Gasteiger partial charge is 0.240 e. The van der Waals surface area contributed by atoms with Gasteiger partial charge in [-0.25, -0.2) is 27.1 Å². The van der Waals surface area contributed by atoms with Gasteiger partial charge in [0.25, 0.3) is 0 Å². The van der Waals surface area contributed by atoms with Crippen LogP contribution in [-0.2, 0) is 24.8 Å². The molecule has 5 N–H and O–H groups in total. The standard InChI is InChI=1S/C11H14Cl2N4O5S4/c12-8-6(25(14,18)19)5-7(26(15,20)21)10(9(8)13)16-24-11(23)17-1-3-22-4-2-17/h5,16H,1-4H2,(H2,14,18,19)(H2,15,20,21). The molecule has 0 unspecified atom stereocenters. The van der Waals surface area contributed by atoms with Crippen LogP contribution >= 0.6 is 47.4 Å². The molecule has 1 aliphatic heterocycles. The number of hydrogen-bond donors (Lipinski definition) is 3. The normalized spacial score (nSPS) is 15.8. The van der Waals surface area contributed by atoms with E-state index in [1.807, 2.05) is 4.90 Å². The molecule has 0 atom stereocenters. The fraction of sp³-hybridized carbons (Fsp3) is 0.364. The van der Waals surface area contributed by atoms with Gasteiger partial charge in [-0.3, -0.25) is 0 Å². The van der Waals surface area contributed by atoms with Gasteiger partial charge in [0.05, 0.1) is 28.9 Å². The van der Waals surface area contributed by atoms with E-state index in [0.717, 1.165) is 18.0 Å². The molecule has 146 valence electrons. The molecule has 1 fully saturated rings. The first-order valence-electron chi connectivity index (χ1n) is 6.80. The fourth-order valence-corrected chi connectivity index (χ4v) is 5.42. The lowest BCUT2D eigenvalue weighted by Gasteiger charge is -2.28. The van der Waals surface area contributed by atoms with Gasteiger partial charge in [-0.2, -0.15) is 0 Å². The molecule has 1 aromatic carbocycles. The summed E-state index contributed by atoms with van der Waals surface area (Å²) in [5, 5.41) is 9.41. The highest BCUT2D eigenvalue weighted by Crippen LogP contribution is 2.40. The van der Waals surface area contributed by atoms with Crippen molar-refractivity contribution in [3.05, 3.63) is 16.1 Å². The molecule has 0 bridgehead atoms. The van der Waals surface area contributed by atoms with Crippen molar-refractivity contribution >= 4 is 77.4 Å². The van der Waals surface area contributed by atoms with Crippen LogP contribution in [0.1, 0.15) is 0 Å². The van der Waals surface area contributed by atoms with E-state index >= 15 is 0 Å². The van der Waals surface area contributed by atoms with Gasteiger partial charge in [-0.15, -0.1) is 0 Å². The maximum absolute atomic E-state index is 11.9. The van der Waals surface area contributed by atoms with Crippen LogP contribution in [0.2, 0.25) is 10.0 Å². The summed E-state index contributed by atoms with van der Waals surface area (Å²) < 4.78 is 55.3. The van der Waals surface area contributed by atoms with E-state index in [1.54, 1.807) is 0 Å². The van der Waals surface area contributed by atoms with Gasteiger partial charge < -0.3 is 14.4 Å². The molecule has 26 heavy (non-hydrogen) atoms. The van der Waals surface area contributed by atoms with Crippen LogP contribution in [0.5, 0.6) is 0 Å². The number of sulfonamides is 2. The highest BCUT2D eigenvalue weighted by molar-refractivity contribution is 8.23. The number of nitrogens with one attached hydrogen (secondary N) is 1. The van der Waals surface area contributed by atoms with Crippen molar-refractivity contribution in [2.45, 2.75) is 9.79 Å². The number of halogens is 2. The number of hydrogen-bond acceptors (Lipinski definition) is 8. The minimum absolute atomic E-state index is 0.188. The molecule has 1 heterocycles. The first kappa shape index (κ1) is 21.9. The van der Waals surface area contributed by atoms with Gasteiger partial charge in [0.2, 0.25) is 20.0 Å². The first-order valence-corrected chi connectivity index (χ1v) is 11.9. The topological polar surface area (TPSA) is 145 Å². The molecule has 0 radical (unpaired) electrons. The van der Waals surface area contributed by atoms with E-state index in [0.29, 0.717) is 30.6 Å². The van der Waals surface area contributed by atoms with Crippen LogP contribution in [0.25, 0.3) is 0 Å². The number of rotatable bonds is 4. The second-order valence-electron chi connectivity index (χ2n) is 5.04. The Bertz CT molecular complexity index is 932. The Hall–Kier alpha value is -0.380. The van der Waals surface area contributed by atoms with Crippen molar-refractivity contribution in [3.63, 3.8) is 0 Å². The van der Waals surface area contributed by atoms with Crippen LogP contribution in [0.15, 0.2) is 15.9 Å². The van der Waals surface area contributed by atoms with Gasteiger partial charge in [0.15, 0.2) is 4.32 Å². The molecule has 0 spiro atoms. The summed E-state index contributed by atoms with van der Waals surface area (Å²) in [5.41, 5.74) is -0.188. The number of nitrogens with zero attached hydrogens (tertiary/aromatic N) is 1. The summed E-state index contributed by atoms with van der Waals surface area (Å²) in [6, 6.07) is 0.750. The van der Waals surface area contributed by atoms with Crippen molar-refractivity contribution in [1.29, 1.82) is 0 Å². The number of nitrogens with two attached hydrogens (primary N) is 2. The van der Waals surface area contributed by atoms with Crippen molar-refractivity contribution in [2.75, 3.05) is 31.0 Å². The van der Waals surface area contributed by atoms with Gasteiger partial charge >= 0.3 is 0 Å². The molecule has 1 saturated heterocycles. The quantitative estimate of drug-likeness (QED) is 0.423. The number of benzene rings is 1. The zero-order valence-electron chi connectivity index (χ0n) is 12.9. The minimum atomic E-state index is -4.34. The van der Waals surface area contributed by atoms with Crippen molar-refractivity contribution < 1.29 is 21.6 Å². The molecule has 0 aliphatic carbocycles. The molecule has 1 aliphatic rings. The lowest BCUT2D eigenvalue weighted by atomic mass is 10.3. The Morgan fingerprint density at radius 2 is 1.65 bits per heavy atom. The minimum Gasteiger partial charge on any atom is -0.378 e. The highest BCUT2D eigenvalue weighted by atomic mass is 35.5. The van der Waals surface area contributed by atoms with E-state index in [-0.39, 0.29) is 10.7 Å². The summed E-state index contributed by atoms with van der Waals surface area (Å²) in [6.45, 7) is 2.18. The lowest BCUT2D eigenvalue weighted by Crippen LogP contribution is -2.38. The second kappa shape index (κ2) is 8.32. The number of thiocarbonyl (C=S) groups is 1. The van der Waals surface area contributed by atoms with E-state index in [4.69, 9.17) is 50.4 Å². The molecular weight excluding hydrogens is 467 g/mol. The number of anilines is 1. The van der Waals surface area contributed by atoms with Crippen LogP contribution in [0.3, 0.4) is 0 Å². The Morgan fingerprint density at radius 1 is 1.12 bits per heavy atom. The van der Waals surface area contributed by atoms with Crippen LogP contribution < -0.4 is 15.0 Å². The third-order valence-corrected chi connectivity index (χ3v) is 7.36. The van der Waals surface area contributed by atoms with E-state index in [9.17, 15) is 16.8 Å². The van der Waals surface area contributed by atoms with E-state index in [1.165, 1.54) is 0 Å². The first-order chi connectivity index (χ1) is 11.9. The molecule has 1 aromatic rings. The zero-order valence-corrected chi connectivity index (χ0v) is 17.7. The molecule has 0 saturated carbocycles. The van der Waals surface area contributed by atoms with Gasteiger partial charge in [-0.05, 0) is 6.07 Å². The maximum atomic E-state index is 11.9. The number of morpholine rings is 1. The molecule has 0 amide bonds. The van der Waals surface area contributed by atoms with E-state index in [2.05, 4.69) is 4.72 Å².